The molecule has 1 aliphatic rings. The van der Waals surface area contributed by atoms with Gasteiger partial charge in [-0.1, -0.05) is 16.8 Å². The number of anilines is 1. The Labute approximate surface area is 188 Å². The molecule has 0 N–H and O–H groups in total. The number of hydrogen-bond acceptors (Lipinski definition) is 8. The first-order chi connectivity index (χ1) is 15.6. The molecule has 32 heavy (non-hydrogen) atoms. The highest BCUT2D eigenvalue weighted by Crippen LogP contribution is 2.33. The van der Waals surface area contributed by atoms with Gasteiger partial charge in [-0.2, -0.15) is 4.98 Å². The normalized spacial score (nSPS) is 14.7. The van der Waals surface area contributed by atoms with Crippen LogP contribution in [0.25, 0.3) is 22.2 Å². The average Bonchev–Trinajstić information content (AvgIpc) is 3.28. The van der Waals surface area contributed by atoms with Gasteiger partial charge in [0.25, 0.3) is 5.69 Å². The van der Waals surface area contributed by atoms with E-state index < -0.39 is 0 Å². The molecule has 3 heterocycles. The second-order valence-electron chi connectivity index (χ2n) is 7.56. The molecule has 2 aromatic heterocycles. The summed E-state index contributed by atoms with van der Waals surface area (Å²) in [6, 6.07) is 12.5. The number of non-ortho nitro benzene ring substituents is 1. The van der Waals surface area contributed by atoms with Crippen LogP contribution in [0.3, 0.4) is 0 Å². The molecule has 0 atom stereocenters. The summed E-state index contributed by atoms with van der Waals surface area (Å²) in [6.45, 7) is 3.75. The zero-order valence-electron chi connectivity index (χ0n) is 17.0. The molecule has 0 unspecified atom stereocenters. The third-order valence-electron chi connectivity index (χ3n) is 5.61. The molecule has 9 nitrogen and oxygen atoms in total. The van der Waals surface area contributed by atoms with Gasteiger partial charge in [-0.3, -0.25) is 20.0 Å². The fourth-order valence-electron chi connectivity index (χ4n) is 3.97. The molecule has 0 saturated carbocycles. The maximum absolute atomic E-state index is 11.4. The van der Waals surface area contributed by atoms with Crippen LogP contribution >= 0.6 is 11.6 Å². The highest BCUT2D eigenvalue weighted by atomic mass is 35.5. The first-order valence-electron chi connectivity index (χ1n) is 10.2. The molecule has 2 aromatic carbocycles. The van der Waals surface area contributed by atoms with Gasteiger partial charge in [0, 0.05) is 66.3 Å². The summed E-state index contributed by atoms with van der Waals surface area (Å²) in [5.74, 6) is 1.11. The Morgan fingerprint density at radius 2 is 1.81 bits per heavy atom. The van der Waals surface area contributed by atoms with Crippen LogP contribution in [0.4, 0.5) is 11.4 Å². The van der Waals surface area contributed by atoms with Crippen LogP contribution in [0.2, 0.25) is 5.02 Å². The van der Waals surface area contributed by atoms with Gasteiger partial charge in [-0.25, -0.2) is 0 Å². The number of nitrogens with zero attached hydrogens (tertiary/aromatic N) is 6. The van der Waals surface area contributed by atoms with Crippen molar-refractivity contribution in [3.05, 3.63) is 75.9 Å². The minimum absolute atomic E-state index is 0.0726. The number of hydrogen-bond donors (Lipinski definition) is 0. The molecule has 1 fully saturated rings. The van der Waals surface area contributed by atoms with Crippen LogP contribution in [0, 0.1) is 10.1 Å². The van der Waals surface area contributed by atoms with E-state index in [0.717, 1.165) is 42.8 Å². The van der Waals surface area contributed by atoms with Crippen LogP contribution in [-0.2, 0) is 6.54 Å². The number of rotatable bonds is 5. The van der Waals surface area contributed by atoms with Crippen molar-refractivity contribution in [1.82, 2.24) is 20.0 Å². The first kappa shape index (κ1) is 20.3. The number of aromatic nitrogens is 3. The molecule has 1 aliphatic heterocycles. The Kier molecular flexibility index (Phi) is 5.42. The highest BCUT2D eigenvalue weighted by Gasteiger charge is 2.23. The highest BCUT2D eigenvalue weighted by molar-refractivity contribution is 6.30. The molecule has 0 bridgehead atoms. The van der Waals surface area contributed by atoms with Crippen molar-refractivity contribution in [3.63, 3.8) is 0 Å². The van der Waals surface area contributed by atoms with Gasteiger partial charge in [-0.05, 0) is 36.4 Å². The van der Waals surface area contributed by atoms with Gasteiger partial charge in [0.05, 0.1) is 16.9 Å². The summed E-state index contributed by atoms with van der Waals surface area (Å²) >= 11 is 5.94. The van der Waals surface area contributed by atoms with E-state index in [-0.39, 0.29) is 10.6 Å². The zero-order chi connectivity index (χ0) is 22.1. The summed E-state index contributed by atoms with van der Waals surface area (Å²) in [7, 11) is 0. The number of halogens is 1. The van der Waals surface area contributed by atoms with E-state index in [1.807, 2.05) is 24.3 Å². The summed E-state index contributed by atoms with van der Waals surface area (Å²) in [5.41, 5.74) is 1.91. The molecule has 4 aromatic rings. The van der Waals surface area contributed by atoms with E-state index in [1.54, 1.807) is 30.6 Å². The topological polar surface area (TPSA) is 101 Å². The number of benzene rings is 2. The quantitative estimate of drug-likeness (QED) is 0.330. The van der Waals surface area contributed by atoms with Crippen LogP contribution in [0.5, 0.6) is 0 Å². The molecule has 0 radical (unpaired) electrons. The average molecular weight is 451 g/mol. The largest absolute Gasteiger partial charge is 0.368 e. The van der Waals surface area contributed by atoms with E-state index >= 15 is 0 Å². The van der Waals surface area contributed by atoms with E-state index in [0.29, 0.717) is 28.7 Å². The van der Waals surface area contributed by atoms with Crippen LogP contribution in [0.15, 0.2) is 59.4 Å². The minimum Gasteiger partial charge on any atom is -0.368 e. The summed E-state index contributed by atoms with van der Waals surface area (Å²) in [6.07, 6.45) is 3.22. The molecular formula is C22H19ClN6O3. The van der Waals surface area contributed by atoms with Crippen molar-refractivity contribution in [1.29, 1.82) is 0 Å². The molecule has 0 amide bonds. The predicted octanol–water partition coefficient (Wildman–Crippen LogP) is 4.17. The molecule has 10 heteroatoms. The van der Waals surface area contributed by atoms with Crippen LogP contribution < -0.4 is 4.90 Å². The SMILES string of the molecule is O=[N+]([O-])c1ccc(N2CCN(Cc3nc(-c4ccc(Cl)cc4)no3)CC2)c2ccncc12. The van der Waals surface area contributed by atoms with Crippen molar-refractivity contribution < 1.29 is 9.45 Å². The molecular weight excluding hydrogens is 432 g/mol. The summed E-state index contributed by atoms with van der Waals surface area (Å²) < 4.78 is 5.44. The van der Waals surface area contributed by atoms with E-state index in [2.05, 4.69) is 24.9 Å². The number of nitro benzene ring substituents is 1. The van der Waals surface area contributed by atoms with Crippen molar-refractivity contribution >= 4 is 33.7 Å². The van der Waals surface area contributed by atoms with Crippen molar-refractivity contribution in [3.8, 4) is 11.4 Å². The Bertz CT molecular complexity index is 1270. The van der Waals surface area contributed by atoms with Gasteiger partial charge in [0.2, 0.25) is 11.7 Å². The standard InChI is InChI=1S/C22H19ClN6O3/c23-16-3-1-15(2-4-16)22-25-21(32-26-22)14-27-9-11-28(12-10-27)19-5-6-20(29(30)31)18-13-24-8-7-17(18)19/h1-8,13H,9-12,14H2. The fourth-order valence-corrected chi connectivity index (χ4v) is 4.09. The second kappa shape index (κ2) is 8.52. The van der Waals surface area contributed by atoms with Crippen molar-refractivity contribution in [2.75, 3.05) is 31.1 Å². The minimum atomic E-state index is -0.367. The lowest BCUT2D eigenvalue weighted by Crippen LogP contribution is -2.46. The van der Waals surface area contributed by atoms with Crippen LogP contribution in [-0.4, -0.2) is 51.1 Å². The second-order valence-corrected chi connectivity index (χ2v) is 8.00. The Morgan fingerprint density at radius 3 is 2.56 bits per heavy atom. The molecule has 162 valence electrons. The lowest BCUT2D eigenvalue weighted by molar-refractivity contribution is -0.383. The number of fused-ring (bicyclic) bond motifs is 1. The monoisotopic (exact) mass is 450 g/mol. The number of pyridine rings is 1. The smallest absolute Gasteiger partial charge is 0.278 e. The summed E-state index contributed by atoms with van der Waals surface area (Å²) in [5, 5.41) is 17.5. The third kappa shape index (κ3) is 4.00. The van der Waals surface area contributed by atoms with Crippen molar-refractivity contribution in [2.24, 2.45) is 0 Å². The lowest BCUT2D eigenvalue weighted by Gasteiger charge is -2.35. The van der Waals surface area contributed by atoms with E-state index in [9.17, 15) is 10.1 Å². The number of nitro groups is 1. The Balaban J connectivity index is 1.27. The first-order valence-corrected chi connectivity index (χ1v) is 10.5. The third-order valence-corrected chi connectivity index (χ3v) is 5.86. The van der Waals surface area contributed by atoms with Crippen LogP contribution in [0.1, 0.15) is 5.89 Å². The van der Waals surface area contributed by atoms with Crippen molar-refractivity contribution in [2.45, 2.75) is 6.54 Å². The van der Waals surface area contributed by atoms with Gasteiger partial charge >= 0.3 is 0 Å². The molecule has 0 spiro atoms. The molecule has 1 saturated heterocycles. The lowest BCUT2D eigenvalue weighted by atomic mass is 10.1. The Morgan fingerprint density at radius 1 is 1.03 bits per heavy atom. The van der Waals surface area contributed by atoms with Gasteiger partial charge in [0.1, 0.15) is 0 Å². The molecule has 5 rings (SSSR count). The van der Waals surface area contributed by atoms with Gasteiger partial charge in [-0.15, -0.1) is 0 Å². The predicted molar refractivity (Wildman–Crippen MR) is 121 cm³/mol. The maximum Gasteiger partial charge on any atom is 0.278 e. The molecule has 0 aliphatic carbocycles. The Hall–Kier alpha value is -3.56. The van der Waals surface area contributed by atoms with E-state index in [4.69, 9.17) is 16.1 Å². The number of piperazine rings is 1. The van der Waals surface area contributed by atoms with Gasteiger partial charge in [0.15, 0.2) is 0 Å². The zero-order valence-corrected chi connectivity index (χ0v) is 17.8. The fraction of sp³-hybridized carbons (Fsp3) is 0.227. The summed E-state index contributed by atoms with van der Waals surface area (Å²) in [4.78, 5) is 24.1. The van der Waals surface area contributed by atoms with E-state index in [1.165, 1.54) is 0 Å². The van der Waals surface area contributed by atoms with Gasteiger partial charge < -0.3 is 9.42 Å². The maximum atomic E-state index is 11.4.